The van der Waals surface area contributed by atoms with Crippen LogP contribution in [-0.4, -0.2) is 42.4 Å². The molecule has 1 N–H and O–H groups in total. The number of benzene rings is 1. The van der Waals surface area contributed by atoms with Crippen molar-refractivity contribution in [1.82, 2.24) is 5.32 Å². The summed E-state index contributed by atoms with van der Waals surface area (Å²) in [4.78, 5) is 48.8. The van der Waals surface area contributed by atoms with E-state index in [4.69, 9.17) is 9.47 Å². The van der Waals surface area contributed by atoms with Gasteiger partial charge >= 0.3 is 11.9 Å². The fourth-order valence-corrected chi connectivity index (χ4v) is 2.19. The van der Waals surface area contributed by atoms with Gasteiger partial charge in [-0.1, -0.05) is 12.1 Å². The molecule has 0 bridgehead atoms. The Bertz CT molecular complexity index is 655. The van der Waals surface area contributed by atoms with Crippen LogP contribution >= 0.6 is 0 Å². The summed E-state index contributed by atoms with van der Waals surface area (Å²) >= 11 is 0. The van der Waals surface area contributed by atoms with Crippen molar-refractivity contribution in [3.8, 4) is 0 Å². The van der Waals surface area contributed by atoms with Crippen LogP contribution in [0.2, 0.25) is 0 Å². The minimum atomic E-state index is -2.33. The van der Waals surface area contributed by atoms with Crippen LogP contribution in [0.15, 0.2) is 24.3 Å². The van der Waals surface area contributed by atoms with Crippen LogP contribution in [0.25, 0.3) is 0 Å². The third-order valence-corrected chi connectivity index (χ3v) is 3.21. The molecule has 1 aromatic carbocycles. The molecular weight excluding hydrogens is 333 g/mol. The molecule has 0 aliphatic carbocycles. The van der Waals surface area contributed by atoms with Gasteiger partial charge < -0.3 is 14.8 Å². The van der Waals surface area contributed by atoms with E-state index in [1.54, 1.807) is 0 Å². The van der Waals surface area contributed by atoms with Crippen LogP contribution in [0.4, 0.5) is 4.39 Å². The third-order valence-electron chi connectivity index (χ3n) is 3.21. The van der Waals surface area contributed by atoms with E-state index < -0.39 is 41.4 Å². The number of ketones is 1. The maximum atomic E-state index is 13.3. The highest BCUT2D eigenvalue weighted by atomic mass is 19.1. The van der Waals surface area contributed by atoms with E-state index in [1.807, 2.05) is 0 Å². The van der Waals surface area contributed by atoms with Crippen molar-refractivity contribution in [2.75, 3.05) is 13.2 Å². The highest BCUT2D eigenvalue weighted by Gasteiger charge is 2.51. The van der Waals surface area contributed by atoms with Crippen molar-refractivity contribution in [2.45, 2.75) is 32.7 Å². The van der Waals surface area contributed by atoms with Crippen molar-refractivity contribution >= 4 is 23.6 Å². The van der Waals surface area contributed by atoms with Gasteiger partial charge in [0.2, 0.25) is 11.4 Å². The normalized spacial score (nSPS) is 10.7. The van der Waals surface area contributed by atoms with E-state index >= 15 is 0 Å². The average molecular weight is 353 g/mol. The molecule has 0 heterocycles. The molecule has 0 radical (unpaired) electrons. The first-order valence-corrected chi connectivity index (χ1v) is 7.68. The second kappa shape index (κ2) is 8.91. The Morgan fingerprint density at radius 3 is 2.08 bits per heavy atom. The topological polar surface area (TPSA) is 98.8 Å². The number of carbonyl (C=O) groups excluding carboxylic acids is 4. The molecular formula is C17H20FNO6. The second-order valence-electron chi connectivity index (χ2n) is 5.14. The van der Waals surface area contributed by atoms with Gasteiger partial charge in [0.25, 0.3) is 0 Å². The molecule has 0 atom stereocenters. The van der Waals surface area contributed by atoms with Crippen LogP contribution in [-0.2, 0) is 23.9 Å². The number of Topliss-reactive ketones (excluding diaryl/α,β-unsaturated/α-hetero) is 1. The van der Waals surface area contributed by atoms with Gasteiger partial charge in [-0.15, -0.1) is 0 Å². The van der Waals surface area contributed by atoms with Crippen LogP contribution < -0.4 is 5.32 Å². The average Bonchev–Trinajstić information content (AvgIpc) is 2.54. The van der Waals surface area contributed by atoms with E-state index in [-0.39, 0.29) is 18.8 Å². The van der Waals surface area contributed by atoms with Crippen LogP contribution in [0.5, 0.6) is 0 Å². The van der Waals surface area contributed by atoms with Gasteiger partial charge in [-0.25, -0.2) is 14.0 Å². The summed E-state index contributed by atoms with van der Waals surface area (Å²) in [5.74, 6) is -4.34. The van der Waals surface area contributed by atoms with E-state index in [1.165, 1.54) is 26.0 Å². The molecule has 0 saturated carbocycles. The van der Waals surface area contributed by atoms with Gasteiger partial charge in [0, 0.05) is 12.5 Å². The van der Waals surface area contributed by atoms with Crippen LogP contribution in [0, 0.1) is 5.82 Å². The monoisotopic (exact) mass is 353 g/mol. The molecule has 0 aromatic heterocycles. The van der Waals surface area contributed by atoms with E-state index in [2.05, 4.69) is 5.32 Å². The standard InChI is InChI=1S/C17H20FNO6/c1-4-24-15(22)17(19-11(3)20,16(23)25-5-2)10-14(21)12-7-6-8-13(18)9-12/h6-9H,4-5,10H2,1-3H3,(H,19,20). The Balaban J connectivity index is 3.31. The molecule has 25 heavy (non-hydrogen) atoms. The molecule has 0 unspecified atom stereocenters. The minimum Gasteiger partial charge on any atom is -0.464 e. The van der Waals surface area contributed by atoms with E-state index in [0.717, 1.165) is 19.1 Å². The van der Waals surface area contributed by atoms with Crippen molar-refractivity contribution in [3.05, 3.63) is 35.6 Å². The second-order valence-corrected chi connectivity index (χ2v) is 5.14. The Morgan fingerprint density at radius 1 is 1.08 bits per heavy atom. The van der Waals surface area contributed by atoms with Gasteiger partial charge in [-0.3, -0.25) is 9.59 Å². The molecule has 0 spiro atoms. The van der Waals surface area contributed by atoms with Crippen molar-refractivity contribution in [2.24, 2.45) is 0 Å². The number of hydrogen-bond acceptors (Lipinski definition) is 6. The maximum absolute atomic E-state index is 13.3. The number of ether oxygens (including phenoxy) is 2. The number of hydrogen-bond donors (Lipinski definition) is 1. The number of nitrogens with one attached hydrogen (secondary N) is 1. The lowest BCUT2D eigenvalue weighted by Crippen LogP contribution is -2.62. The molecule has 0 fully saturated rings. The number of rotatable bonds is 8. The fourth-order valence-electron chi connectivity index (χ4n) is 2.19. The van der Waals surface area contributed by atoms with Gasteiger partial charge in [0.1, 0.15) is 5.82 Å². The van der Waals surface area contributed by atoms with Crippen LogP contribution in [0.3, 0.4) is 0 Å². The molecule has 0 saturated heterocycles. The van der Waals surface area contributed by atoms with Gasteiger partial charge in [-0.05, 0) is 26.0 Å². The zero-order chi connectivity index (χ0) is 19.0. The largest absolute Gasteiger partial charge is 0.464 e. The van der Waals surface area contributed by atoms with Gasteiger partial charge in [0.05, 0.1) is 19.6 Å². The predicted molar refractivity (Wildman–Crippen MR) is 85.2 cm³/mol. The fraction of sp³-hybridized carbons (Fsp3) is 0.412. The van der Waals surface area contributed by atoms with Gasteiger partial charge in [-0.2, -0.15) is 0 Å². The third kappa shape index (κ3) is 5.10. The molecule has 0 aliphatic rings. The zero-order valence-corrected chi connectivity index (χ0v) is 14.3. The first-order chi connectivity index (χ1) is 11.8. The molecule has 1 aromatic rings. The first kappa shape index (κ1) is 20.3. The number of esters is 2. The zero-order valence-electron chi connectivity index (χ0n) is 14.3. The molecule has 1 rings (SSSR count). The van der Waals surface area contributed by atoms with E-state index in [0.29, 0.717) is 0 Å². The Morgan fingerprint density at radius 2 is 1.64 bits per heavy atom. The van der Waals surface area contributed by atoms with Gasteiger partial charge in [0.15, 0.2) is 5.78 Å². The lowest BCUT2D eigenvalue weighted by atomic mass is 9.89. The lowest BCUT2D eigenvalue weighted by molar-refractivity contribution is -0.167. The summed E-state index contributed by atoms with van der Waals surface area (Å²) in [5, 5.41) is 2.18. The number of carbonyl (C=O) groups is 4. The number of amides is 1. The molecule has 0 aliphatic heterocycles. The quantitative estimate of drug-likeness (QED) is 0.431. The lowest BCUT2D eigenvalue weighted by Gasteiger charge is -2.29. The van der Waals surface area contributed by atoms with Crippen molar-refractivity contribution in [1.29, 1.82) is 0 Å². The SMILES string of the molecule is CCOC(=O)C(CC(=O)c1cccc(F)c1)(NC(C)=O)C(=O)OCC. The predicted octanol–water partition coefficient (Wildman–Crippen LogP) is 1.40. The highest BCUT2D eigenvalue weighted by Crippen LogP contribution is 2.20. The van der Waals surface area contributed by atoms with Crippen LogP contribution in [0.1, 0.15) is 37.6 Å². The smallest absolute Gasteiger partial charge is 0.344 e. The number of halogens is 1. The molecule has 7 nitrogen and oxygen atoms in total. The Labute approximate surface area is 144 Å². The summed E-state index contributed by atoms with van der Waals surface area (Å²) in [7, 11) is 0. The highest BCUT2D eigenvalue weighted by molar-refractivity contribution is 6.13. The van der Waals surface area contributed by atoms with E-state index in [9.17, 15) is 23.6 Å². The molecule has 8 heteroatoms. The van der Waals surface area contributed by atoms with Crippen molar-refractivity contribution < 1.29 is 33.0 Å². The minimum absolute atomic E-state index is 0.0525. The molecule has 136 valence electrons. The summed E-state index contributed by atoms with van der Waals surface area (Å²) in [6.45, 7) is 3.95. The Kier molecular flexibility index (Phi) is 7.22. The summed E-state index contributed by atoms with van der Waals surface area (Å²) in [5.41, 5.74) is -2.38. The maximum Gasteiger partial charge on any atom is 0.344 e. The van der Waals surface area contributed by atoms with Crippen molar-refractivity contribution in [3.63, 3.8) is 0 Å². The summed E-state index contributed by atoms with van der Waals surface area (Å²) < 4.78 is 23.0. The first-order valence-electron chi connectivity index (χ1n) is 7.68. The molecule has 1 amide bonds. The summed E-state index contributed by atoms with van der Waals surface area (Å²) in [6, 6.07) is 4.77. The Hall–Kier alpha value is -2.77. The summed E-state index contributed by atoms with van der Waals surface area (Å²) in [6.07, 6.45) is -0.756.